The van der Waals surface area contributed by atoms with E-state index in [1.807, 2.05) is 13.0 Å². The maximum Gasteiger partial charge on any atom is 1.00 e. The van der Waals surface area contributed by atoms with E-state index in [0.717, 1.165) is 6.42 Å². The van der Waals surface area contributed by atoms with E-state index in [1.165, 1.54) is 5.57 Å². The zero-order chi connectivity index (χ0) is 5.82. The molecular formula is C8H9Li. The quantitative estimate of drug-likeness (QED) is 0.309. The fourth-order valence-corrected chi connectivity index (χ4v) is 0.716. The van der Waals surface area contributed by atoms with Gasteiger partial charge in [0.05, 0.1) is 0 Å². The van der Waals surface area contributed by atoms with E-state index in [1.54, 1.807) is 0 Å². The molecule has 0 bridgehead atoms. The molecule has 0 fully saturated rings. The predicted octanol–water partition coefficient (Wildman–Crippen LogP) is -0.744. The van der Waals surface area contributed by atoms with E-state index >= 15 is 0 Å². The molecule has 0 saturated carbocycles. The molecule has 0 N–H and O–H groups in total. The summed E-state index contributed by atoms with van der Waals surface area (Å²) in [5.41, 5.74) is 1.22. The molecule has 1 aliphatic carbocycles. The largest absolute Gasteiger partial charge is 1.00 e. The third-order valence-electron chi connectivity index (χ3n) is 1.07. The van der Waals surface area contributed by atoms with Crippen LogP contribution in [-0.2, 0) is 0 Å². The number of allylic oxidation sites excluding steroid dienone is 6. The van der Waals surface area contributed by atoms with Crippen molar-refractivity contribution >= 4 is 0 Å². The number of rotatable bonds is 1. The van der Waals surface area contributed by atoms with Crippen molar-refractivity contribution in [2.24, 2.45) is 0 Å². The molecule has 9 heavy (non-hydrogen) atoms. The second-order valence-corrected chi connectivity index (χ2v) is 1.74. The Morgan fingerprint density at radius 1 is 1.67 bits per heavy atom. The third-order valence-corrected chi connectivity index (χ3v) is 1.07. The van der Waals surface area contributed by atoms with Crippen LogP contribution >= 0.6 is 0 Å². The maximum atomic E-state index is 3.18. The van der Waals surface area contributed by atoms with Gasteiger partial charge in [0.25, 0.3) is 0 Å². The van der Waals surface area contributed by atoms with Crippen molar-refractivity contribution in [2.75, 3.05) is 0 Å². The summed E-state index contributed by atoms with van der Waals surface area (Å²) in [7, 11) is 0. The van der Waals surface area contributed by atoms with E-state index < -0.39 is 0 Å². The molecule has 0 heterocycles. The minimum Gasteiger partial charge on any atom is -0.198 e. The van der Waals surface area contributed by atoms with Crippen molar-refractivity contribution in [2.45, 2.75) is 13.3 Å². The predicted molar refractivity (Wildman–Crippen MR) is 35.3 cm³/mol. The van der Waals surface area contributed by atoms with E-state index in [-0.39, 0.29) is 18.9 Å². The summed E-state index contributed by atoms with van der Waals surface area (Å²) in [4.78, 5) is 0. The zero-order valence-corrected chi connectivity index (χ0v) is 6.02. The molecule has 42 valence electrons. The SMILES string of the molecule is C/C=C\C1=[C-]CC=C1.[Li+]. The molecule has 0 saturated heterocycles. The first-order valence-electron chi connectivity index (χ1n) is 2.83. The average Bonchev–Trinajstić information content (AvgIpc) is 2.19. The van der Waals surface area contributed by atoms with Crippen LogP contribution in [0.3, 0.4) is 0 Å². The Balaban J connectivity index is 0.000000640. The van der Waals surface area contributed by atoms with Gasteiger partial charge in [-0.05, 0) is 0 Å². The Kier molecular flexibility index (Phi) is 4.58. The molecule has 0 aliphatic heterocycles. The molecule has 0 spiro atoms. The summed E-state index contributed by atoms with van der Waals surface area (Å²) in [6.07, 6.45) is 12.4. The van der Waals surface area contributed by atoms with Crippen LogP contribution in [0, 0.1) is 6.08 Å². The molecule has 0 atom stereocenters. The molecule has 0 aromatic carbocycles. The standard InChI is InChI=1S/C8H9.Li/c1-2-5-8-6-3-4-7-8;/h2-3,5-6H,4H2,1H3;/q-1;+1/b5-2-;. The van der Waals surface area contributed by atoms with Gasteiger partial charge >= 0.3 is 18.9 Å². The molecule has 0 amide bonds. The van der Waals surface area contributed by atoms with Gasteiger partial charge in [-0.2, -0.15) is 23.8 Å². The second-order valence-electron chi connectivity index (χ2n) is 1.74. The van der Waals surface area contributed by atoms with Crippen LogP contribution in [-0.4, -0.2) is 0 Å². The van der Waals surface area contributed by atoms with Crippen LogP contribution in [0.15, 0.2) is 29.9 Å². The average molecular weight is 112 g/mol. The van der Waals surface area contributed by atoms with Crippen molar-refractivity contribution in [1.29, 1.82) is 0 Å². The van der Waals surface area contributed by atoms with Gasteiger partial charge in [0.2, 0.25) is 0 Å². The smallest absolute Gasteiger partial charge is 0.198 e. The molecule has 0 nitrogen and oxygen atoms in total. The molecule has 0 radical (unpaired) electrons. The van der Waals surface area contributed by atoms with Crippen molar-refractivity contribution in [3.05, 3.63) is 36.0 Å². The van der Waals surface area contributed by atoms with Gasteiger partial charge in [0.1, 0.15) is 0 Å². The van der Waals surface area contributed by atoms with Gasteiger partial charge in [-0.1, -0.05) is 13.3 Å². The van der Waals surface area contributed by atoms with Gasteiger partial charge in [0, 0.05) is 0 Å². The van der Waals surface area contributed by atoms with Gasteiger partial charge < -0.3 is 0 Å². The second kappa shape index (κ2) is 4.67. The van der Waals surface area contributed by atoms with Crippen LogP contribution in [0.1, 0.15) is 13.3 Å². The van der Waals surface area contributed by atoms with Crippen LogP contribution in [0.4, 0.5) is 0 Å². The molecule has 1 rings (SSSR count). The number of hydrogen-bond acceptors (Lipinski definition) is 0. The maximum absolute atomic E-state index is 3.18. The Bertz CT molecular complexity index is 152. The fourth-order valence-electron chi connectivity index (χ4n) is 0.716. The van der Waals surface area contributed by atoms with E-state index in [0.29, 0.717) is 0 Å². The van der Waals surface area contributed by atoms with Crippen LogP contribution in [0.5, 0.6) is 0 Å². The molecule has 0 unspecified atom stereocenters. The molecule has 0 aromatic rings. The first-order valence-corrected chi connectivity index (χ1v) is 2.83. The Morgan fingerprint density at radius 2 is 2.44 bits per heavy atom. The molecular weight excluding hydrogens is 103 g/mol. The normalized spacial score (nSPS) is 15.9. The molecule has 1 heteroatoms. The number of hydrogen-bond donors (Lipinski definition) is 0. The summed E-state index contributed by atoms with van der Waals surface area (Å²) >= 11 is 0. The van der Waals surface area contributed by atoms with Gasteiger partial charge in [-0.15, -0.1) is 12.2 Å². The van der Waals surface area contributed by atoms with Gasteiger partial charge in [-0.25, -0.2) is 0 Å². The first-order chi connectivity index (χ1) is 3.93. The van der Waals surface area contributed by atoms with E-state index in [9.17, 15) is 0 Å². The van der Waals surface area contributed by atoms with Crippen molar-refractivity contribution in [1.82, 2.24) is 0 Å². The summed E-state index contributed by atoms with van der Waals surface area (Å²) in [6.45, 7) is 2.01. The van der Waals surface area contributed by atoms with Crippen molar-refractivity contribution < 1.29 is 18.9 Å². The summed E-state index contributed by atoms with van der Waals surface area (Å²) in [5.74, 6) is 0. The minimum atomic E-state index is 0. The van der Waals surface area contributed by atoms with E-state index in [2.05, 4.69) is 24.3 Å². The Morgan fingerprint density at radius 3 is 2.89 bits per heavy atom. The molecule has 0 aromatic heterocycles. The zero-order valence-electron chi connectivity index (χ0n) is 6.02. The molecule has 1 aliphatic rings. The summed E-state index contributed by atoms with van der Waals surface area (Å²) in [6, 6.07) is 0. The third kappa shape index (κ3) is 2.74. The van der Waals surface area contributed by atoms with Gasteiger partial charge in [0.15, 0.2) is 0 Å². The first kappa shape index (κ1) is 8.82. The summed E-state index contributed by atoms with van der Waals surface area (Å²) in [5, 5.41) is 0. The van der Waals surface area contributed by atoms with Gasteiger partial charge in [-0.3, -0.25) is 0 Å². The van der Waals surface area contributed by atoms with Crippen LogP contribution in [0.25, 0.3) is 0 Å². The van der Waals surface area contributed by atoms with Crippen LogP contribution < -0.4 is 18.9 Å². The minimum absolute atomic E-state index is 0. The van der Waals surface area contributed by atoms with Crippen molar-refractivity contribution in [3.8, 4) is 0 Å². The Hall–Kier alpha value is -0.183. The fraction of sp³-hybridized carbons (Fsp3) is 0.250. The summed E-state index contributed by atoms with van der Waals surface area (Å²) < 4.78 is 0. The van der Waals surface area contributed by atoms with E-state index in [4.69, 9.17) is 0 Å². The topological polar surface area (TPSA) is 0 Å². The van der Waals surface area contributed by atoms with Crippen LogP contribution in [0.2, 0.25) is 0 Å². The monoisotopic (exact) mass is 112 g/mol. The van der Waals surface area contributed by atoms with Crippen molar-refractivity contribution in [3.63, 3.8) is 0 Å². The Labute approximate surface area is 68.5 Å².